The SMILES string of the molecule is CSC(C(=O)O)c1ccc2c(c1)CC[C@H](CC(=O)C(F)(F)F)O2. The third-order valence-corrected chi connectivity index (χ3v) is 4.55. The molecule has 0 aromatic heterocycles. The van der Waals surface area contributed by atoms with Gasteiger partial charge in [0.15, 0.2) is 0 Å². The van der Waals surface area contributed by atoms with Crippen LogP contribution in [0.3, 0.4) is 0 Å². The van der Waals surface area contributed by atoms with Crippen molar-refractivity contribution in [3.8, 4) is 5.75 Å². The van der Waals surface area contributed by atoms with Gasteiger partial charge in [0.05, 0.1) is 6.42 Å². The lowest BCUT2D eigenvalue weighted by Gasteiger charge is -2.26. The van der Waals surface area contributed by atoms with Crippen LogP contribution in [0.2, 0.25) is 0 Å². The predicted molar refractivity (Wildman–Crippen MR) is 78.7 cm³/mol. The Labute approximate surface area is 135 Å². The summed E-state index contributed by atoms with van der Waals surface area (Å²) in [4.78, 5) is 22.2. The molecule has 1 aromatic rings. The largest absolute Gasteiger partial charge is 0.490 e. The second-order valence-corrected chi connectivity index (χ2v) is 6.17. The molecule has 0 aliphatic carbocycles. The van der Waals surface area contributed by atoms with Gasteiger partial charge in [-0.3, -0.25) is 9.59 Å². The fraction of sp³-hybridized carbons (Fsp3) is 0.467. The summed E-state index contributed by atoms with van der Waals surface area (Å²) in [6, 6.07) is 4.84. The van der Waals surface area contributed by atoms with E-state index in [4.69, 9.17) is 9.84 Å². The Balaban J connectivity index is 2.11. The fourth-order valence-corrected chi connectivity index (χ4v) is 3.09. The molecule has 2 rings (SSSR count). The maximum atomic E-state index is 12.3. The van der Waals surface area contributed by atoms with Gasteiger partial charge in [0.25, 0.3) is 0 Å². The molecule has 2 atom stereocenters. The highest BCUT2D eigenvalue weighted by atomic mass is 32.2. The van der Waals surface area contributed by atoms with E-state index in [1.807, 2.05) is 0 Å². The van der Waals surface area contributed by atoms with Crippen LogP contribution in [0, 0.1) is 0 Å². The van der Waals surface area contributed by atoms with Crippen LogP contribution in [0.15, 0.2) is 18.2 Å². The number of carboxylic acid groups (broad SMARTS) is 1. The van der Waals surface area contributed by atoms with Crippen LogP contribution < -0.4 is 4.74 Å². The van der Waals surface area contributed by atoms with Crippen molar-refractivity contribution in [3.05, 3.63) is 29.3 Å². The Morgan fingerprint density at radius 2 is 2.13 bits per heavy atom. The molecule has 1 unspecified atom stereocenters. The smallest absolute Gasteiger partial charge is 0.450 e. The van der Waals surface area contributed by atoms with Crippen molar-refractivity contribution in [2.45, 2.75) is 36.8 Å². The molecule has 1 N–H and O–H groups in total. The average molecular weight is 348 g/mol. The Bertz CT molecular complexity index is 615. The minimum atomic E-state index is -4.85. The summed E-state index contributed by atoms with van der Waals surface area (Å²) in [6.07, 6.45) is -3.94. The van der Waals surface area contributed by atoms with Crippen molar-refractivity contribution in [1.82, 2.24) is 0 Å². The number of ether oxygens (including phenoxy) is 1. The number of benzene rings is 1. The van der Waals surface area contributed by atoms with Gasteiger partial charge in [-0.2, -0.15) is 13.2 Å². The molecule has 23 heavy (non-hydrogen) atoms. The van der Waals surface area contributed by atoms with E-state index in [9.17, 15) is 22.8 Å². The quantitative estimate of drug-likeness (QED) is 0.884. The van der Waals surface area contributed by atoms with Crippen LogP contribution in [-0.4, -0.2) is 35.4 Å². The molecule has 0 fully saturated rings. The third kappa shape index (κ3) is 4.19. The van der Waals surface area contributed by atoms with Gasteiger partial charge in [0, 0.05) is 0 Å². The number of aliphatic carboxylic acids is 1. The molecule has 1 aliphatic rings. The van der Waals surface area contributed by atoms with Gasteiger partial charge in [-0.1, -0.05) is 12.1 Å². The van der Waals surface area contributed by atoms with Gasteiger partial charge in [0.2, 0.25) is 5.78 Å². The van der Waals surface area contributed by atoms with E-state index < -0.39 is 35.7 Å². The van der Waals surface area contributed by atoms with Gasteiger partial charge in [-0.25, -0.2) is 0 Å². The number of carbonyl (C=O) groups excluding carboxylic acids is 1. The van der Waals surface area contributed by atoms with Crippen molar-refractivity contribution in [1.29, 1.82) is 0 Å². The molecular formula is C15H15F3O4S. The number of carbonyl (C=O) groups is 2. The molecule has 0 saturated heterocycles. The molecule has 1 aromatic carbocycles. The number of rotatable bonds is 5. The summed E-state index contributed by atoms with van der Waals surface area (Å²) in [5, 5.41) is 8.45. The van der Waals surface area contributed by atoms with Crippen molar-refractivity contribution in [2.75, 3.05) is 6.26 Å². The minimum absolute atomic E-state index is 0.287. The average Bonchev–Trinajstić information content (AvgIpc) is 2.46. The second kappa shape index (κ2) is 6.82. The van der Waals surface area contributed by atoms with Crippen LogP contribution in [-0.2, 0) is 16.0 Å². The Hall–Kier alpha value is -1.70. The zero-order valence-corrected chi connectivity index (χ0v) is 13.0. The number of halogens is 3. The highest BCUT2D eigenvalue weighted by Crippen LogP contribution is 2.35. The molecule has 0 spiro atoms. The first-order valence-electron chi connectivity index (χ1n) is 6.87. The van der Waals surface area contributed by atoms with Crippen LogP contribution in [0.4, 0.5) is 13.2 Å². The zero-order chi connectivity index (χ0) is 17.2. The number of Topliss-reactive ketones (excluding diaryl/α,β-unsaturated/α-hetero) is 1. The Morgan fingerprint density at radius 3 is 2.70 bits per heavy atom. The maximum absolute atomic E-state index is 12.3. The van der Waals surface area contributed by atoms with E-state index in [0.29, 0.717) is 17.7 Å². The third-order valence-electron chi connectivity index (χ3n) is 3.61. The van der Waals surface area contributed by atoms with E-state index >= 15 is 0 Å². The first-order valence-corrected chi connectivity index (χ1v) is 8.16. The molecule has 1 aliphatic heterocycles. The molecule has 0 saturated carbocycles. The number of hydrogen-bond acceptors (Lipinski definition) is 4. The fourth-order valence-electron chi connectivity index (χ4n) is 2.47. The lowest BCUT2D eigenvalue weighted by Crippen LogP contribution is -2.32. The number of ketones is 1. The van der Waals surface area contributed by atoms with E-state index in [1.165, 1.54) is 11.8 Å². The molecule has 0 amide bonds. The topological polar surface area (TPSA) is 63.6 Å². The number of thioether (sulfide) groups is 1. The second-order valence-electron chi connectivity index (χ2n) is 5.22. The first-order chi connectivity index (χ1) is 10.7. The summed E-state index contributed by atoms with van der Waals surface area (Å²) in [7, 11) is 0. The van der Waals surface area contributed by atoms with Gasteiger partial charge >= 0.3 is 12.1 Å². The van der Waals surface area contributed by atoms with E-state index in [2.05, 4.69) is 0 Å². The number of hydrogen-bond donors (Lipinski definition) is 1. The lowest BCUT2D eigenvalue weighted by molar-refractivity contribution is -0.172. The molecule has 4 nitrogen and oxygen atoms in total. The van der Waals surface area contributed by atoms with Crippen molar-refractivity contribution in [3.63, 3.8) is 0 Å². The summed E-state index contributed by atoms with van der Waals surface area (Å²) >= 11 is 1.18. The standard InChI is InChI=1S/C15H15F3O4S/c1-23-13(14(20)21)9-3-5-11-8(6-9)2-4-10(22-11)7-12(19)15(16,17)18/h3,5-6,10,13H,2,4,7H2,1H3,(H,20,21)/t10-,13?/m1/s1. The monoisotopic (exact) mass is 348 g/mol. The Kier molecular flexibility index (Phi) is 5.23. The molecular weight excluding hydrogens is 333 g/mol. The van der Waals surface area contributed by atoms with Crippen molar-refractivity contribution < 1.29 is 32.6 Å². The summed E-state index contributed by atoms with van der Waals surface area (Å²) in [5.74, 6) is -2.34. The van der Waals surface area contributed by atoms with Gasteiger partial charge < -0.3 is 9.84 Å². The highest BCUT2D eigenvalue weighted by molar-refractivity contribution is 7.99. The van der Waals surface area contributed by atoms with Crippen LogP contribution >= 0.6 is 11.8 Å². The van der Waals surface area contributed by atoms with Crippen LogP contribution in [0.5, 0.6) is 5.75 Å². The van der Waals surface area contributed by atoms with Gasteiger partial charge in [-0.15, -0.1) is 11.8 Å². The van der Waals surface area contributed by atoms with E-state index in [1.54, 1.807) is 24.5 Å². The van der Waals surface area contributed by atoms with E-state index in [-0.39, 0.29) is 6.42 Å². The van der Waals surface area contributed by atoms with Crippen molar-refractivity contribution >= 4 is 23.5 Å². The predicted octanol–water partition coefficient (Wildman–Crippen LogP) is 3.39. The number of aryl methyl sites for hydroxylation is 1. The van der Waals surface area contributed by atoms with Gasteiger partial charge in [0.1, 0.15) is 17.1 Å². The minimum Gasteiger partial charge on any atom is -0.490 e. The summed E-state index contributed by atoms with van der Waals surface area (Å²) < 4.78 is 42.3. The summed E-state index contributed by atoms with van der Waals surface area (Å²) in [5.41, 5.74) is 1.36. The van der Waals surface area contributed by atoms with E-state index in [0.717, 1.165) is 5.56 Å². The normalized spacial score (nSPS) is 18.7. The molecule has 8 heteroatoms. The molecule has 0 bridgehead atoms. The Morgan fingerprint density at radius 1 is 1.43 bits per heavy atom. The molecule has 1 heterocycles. The number of alkyl halides is 3. The maximum Gasteiger partial charge on any atom is 0.450 e. The highest BCUT2D eigenvalue weighted by Gasteiger charge is 2.40. The van der Waals surface area contributed by atoms with Crippen LogP contribution in [0.1, 0.15) is 29.2 Å². The number of carboxylic acids is 1. The molecule has 0 radical (unpaired) electrons. The number of fused-ring (bicyclic) bond motifs is 1. The van der Waals surface area contributed by atoms with Crippen molar-refractivity contribution in [2.24, 2.45) is 0 Å². The zero-order valence-electron chi connectivity index (χ0n) is 12.2. The first kappa shape index (κ1) is 17.7. The van der Waals surface area contributed by atoms with Crippen LogP contribution in [0.25, 0.3) is 0 Å². The summed E-state index contributed by atoms with van der Waals surface area (Å²) in [6.45, 7) is 0. The lowest BCUT2D eigenvalue weighted by atomic mass is 9.96. The van der Waals surface area contributed by atoms with Gasteiger partial charge in [-0.05, 0) is 36.3 Å². The molecule has 126 valence electrons.